The molecule has 3 rings (SSSR count). The first-order valence-electron chi connectivity index (χ1n) is 8.19. The summed E-state index contributed by atoms with van der Waals surface area (Å²) in [6, 6.07) is 32.3. The van der Waals surface area contributed by atoms with Gasteiger partial charge in [0.25, 0.3) is 0 Å². The molecule has 0 bridgehead atoms. The Labute approximate surface area is 161 Å². The van der Waals surface area contributed by atoms with Crippen LogP contribution in [0.2, 0.25) is 0 Å². The topological polar surface area (TPSA) is 83.8 Å². The number of aliphatic hydroxyl groups excluding tert-OH is 1. The largest absolute Gasteiger partial charge is 0.397 e. The molecule has 0 amide bonds. The normalized spacial score (nSPS) is 10.9. The first-order valence-corrected chi connectivity index (χ1v) is 10.9. The highest BCUT2D eigenvalue weighted by atomic mass is 32.3. The van der Waals surface area contributed by atoms with Crippen molar-refractivity contribution in [1.82, 2.24) is 0 Å². The lowest BCUT2D eigenvalue weighted by atomic mass is 10.4. The van der Waals surface area contributed by atoms with Crippen LogP contribution in [0.15, 0.2) is 91.0 Å². The van der Waals surface area contributed by atoms with Gasteiger partial charge < -0.3 is 5.11 Å². The van der Waals surface area contributed by atoms with Crippen molar-refractivity contribution < 1.29 is 22.3 Å². The summed E-state index contributed by atoms with van der Waals surface area (Å²) in [4.78, 5) is 0. The van der Waals surface area contributed by atoms with Gasteiger partial charge in [0.05, 0.1) is 13.2 Å². The zero-order valence-corrected chi connectivity index (χ0v) is 16.3. The fraction of sp³-hybridized carbons (Fsp3) is 0.100. The van der Waals surface area contributed by atoms with E-state index >= 15 is 0 Å². The predicted molar refractivity (Wildman–Crippen MR) is 110 cm³/mol. The summed E-state index contributed by atoms with van der Waals surface area (Å²) in [5, 5.41) is 12.1. The number of benzene rings is 3. The van der Waals surface area contributed by atoms with Crippen LogP contribution in [0, 0.1) is 0 Å². The Morgan fingerprint density at radius 3 is 1.26 bits per heavy atom. The Hall–Kier alpha value is -2.08. The molecule has 0 unspecified atom stereocenters. The lowest BCUT2D eigenvalue weighted by molar-refractivity contribution is 0.188. The molecule has 2 N–H and O–H groups in total. The SMILES string of the molecule is O=S(=O)(O)OCCO.c1ccc(P(c2ccccc2)c2ccccc2)cc1. The van der Waals surface area contributed by atoms with E-state index in [2.05, 4.69) is 95.2 Å². The number of hydrogen-bond acceptors (Lipinski definition) is 4. The standard InChI is InChI=1S/C18H15P.C2H6O5S/c1-4-10-16(11-5-1)19(17-12-6-2-7-13-17)18-14-8-3-9-15-18;3-1-2-7-8(4,5)6/h1-15H;3H,1-2H2,(H,4,5,6). The molecule has 7 heteroatoms. The van der Waals surface area contributed by atoms with Gasteiger partial charge in [-0.15, -0.1) is 0 Å². The second-order valence-corrected chi connectivity index (χ2v) is 8.63. The zero-order chi connectivity index (χ0) is 19.5. The van der Waals surface area contributed by atoms with Crippen LogP contribution in [0.1, 0.15) is 0 Å². The molecule has 0 aliphatic heterocycles. The van der Waals surface area contributed by atoms with Gasteiger partial charge in [0.2, 0.25) is 0 Å². The third kappa shape index (κ3) is 7.59. The van der Waals surface area contributed by atoms with Crippen molar-refractivity contribution in [3.8, 4) is 0 Å². The molecule has 0 heterocycles. The van der Waals surface area contributed by atoms with E-state index in [1.165, 1.54) is 15.9 Å². The highest BCUT2D eigenvalue weighted by molar-refractivity contribution is 7.81. The van der Waals surface area contributed by atoms with Crippen LogP contribution in [0.3, 0.4) is 0 Å². The molecular weight excluding hydrogens is 383 g/mol. The molecule has 142 valence electrons. The molecule has 0 atom stereocenters. The molecule has 3 aromatic carbocycles. The van der Waals surface area contributed by atoms with Gasteiger partial charge in [-0.25, -0.2) is 4.18 Å². The summed E-state index contributed by atoms with van der Waals surface area (Å²) >= 11 is 0. The Kier molecular flexibility index (Phi) is 8.58. The first-order chi connectivity index (χ1) is 13.0. The Morgan fingerprint density at radius 1 is 0.704 bits per heavy atom. The van der Waals surface area contributed by atoms with Crippen molar-refractivity contribution in [2.75, 3.05) is 13.2 Å². The maximum absolute atomic E-state index is 9.61. The van der Waals surface area contributed by atoms with Crippen LogP contribution in [0.4, 0.5) is 0 Å². The molecule has 0 aromatic heterocycles. The maximum atomic E-state index is 9.61. The lowest BCUT2D eigenvalue weighted by Gasteiger charge is -2.18. The highest BCUT2D eigenvalue weighted by Gasteiger charge is 2.14. The van der Waals surface area contributed by atoms with Gasteiger partial charge in [0, 0.05) is 0 Å². The maximum Gasteiger partial charge on any atom is 0.397 e. The monoisotopic (exact) mass is 404 g/mol. The van der Waals surface area contributed by atoms with E-state index in [9.17, 15) is 8.42 Å². The van der Waals surface area contributed by atoms with E-state index in [1.807, 2.05) is 0 Å². The van der Waals surface area contributed by atoms with Crippen LogP contribution in [-0.2, 0) is 14.6 Å². The minimum atomic E-state index is -4.35. The second kappa shape index (κ2) is 10.9. The van der Waals surface area contributed by atoms with Crippen molar-refractivity contribution >= 4 is 34.2 Å². The summed E-state index contributed by atoms with van der Waals surface area (Å²) in [7, 11) is -4.79. The summed E-state index contributed by atoms with van der Waals surface area (Å²) in [5.74, 6) is 0. The fourth-order valence-electron chi connectivity index (χ4n) is 2.32. The Bertz CT molecular complexity index is 794. The molecule has 0 saturated heterocycles. The van der Waals surface area contributed by atoms with Crippen LogP contribution in [0.25, 0.3) is 0 Å². The van der Waals surface area contributed by atoms with Crippen molar-refractivity contribution in [3.05, 3.63) is 91.0 Å². The lowest BCUT2D eigenvalue weighted by Crippen LogP contribution is -2.20. The third-order valence-corrected chi connectivity index (χ3v) is 6.27. The van der Waals surface area contributed by atoms with Crippen LogP contribution in [0.5, 0.6) is 0 Å². The molecule has 0 fully saturated rings. The van der Waals surface area contributed by atoms with E-state index in [-0.39, 0.29) is 0 Å². The Morgan fingerprint density at radius 2 is 1.04 bits per heavy atom. The molecule has 5 nitrogen and oxygen atoms in total. The van der Waals surface area contributed by atoms with Gasteiger partial charge in [0.15, 0.2) is 0 Å². The van der Waals surface area contributed by atoms with E-state index in [0.717, 1.165) is 0 Å². The van der Waals surface area contributed by atoms with Crippen molar-refractivity contribution in [1.29, 1.82) is 0 Å². The quantitative estimate of drug-likeness (QED) is 0.486. The second-order valence-electron chi connectivity index (χ2n) is 5.32. The molecule has 0 saturated carbocycles. The van der Waals surface area contributed by atoms with Crippen LogP contribution in [-0.4, -0.2) is 31.3 Å². The summed E-state index contributed by atoms with van der Waals surface area (Å²) in [6.07, 6.45) is 0. The molecule has 0 radical (unpaired) electrons. The van der Waals surface area contributed by atoms with Gasteiger partial charge in [0.1, 0.15) is 0 Å². The zero-order valence-electron chi connectivity index (χ0n) is 14.5. The van der Waals surface area contributed by atoms with E-state index in [4.69, 9.17) is 9.66 Å². The summed E-state index contributed by atoms with van der Waals surface area (Å²) in [6.45, 7) is -0.835. The molecule has 0 spiro atoms. The molecule has 27 heavy (non-hydrogen) atoms. The molecular formula is C20H21O5PS. The van der Waals surface area contributed by atoms with E-state index in [1.54, 1.807) is 0 Å². The Balaban J connectivity index is 0.000000279. The van der Waals surface area contributed by atoms with Crippen LogP contribution < -0.4 is 15.9 Å². The number of aliphatic hydroxyl groups is 1. The molecule has 0 aliphatic rings. The van der Waals surface area contributed by atoms with Gasteiger partial charge in [-0.05, 0) is 23.8 Å². The number of rotatable bonds is 6. The summed E-state index contributed by atoms with van der Waals surface area (Å²) < 4.78 is 30.7. The van der Waals surface area contributed by atoms with E-state index in [0.29, 0.717) is 0 Å². The number of hydrogen-bond donors (Lipinski definition) is 2. The first kappa shape index (κ1) is 21.2. The fourth-order valence-corrected chi connectivity index (χ4v) is 4.91. The van der Waals surface area contributed by atoms with Gasteiger partial charge >= 0.3 is 10.4 Å². The third-order valence-electron chi connectivity index (χ3n) is 3.37. The predicted octanol–water partition coefficient (Wildman–Crippen LogP) is 2.24. The highest BCUT2D eigenvalue weighted by Crippen LogP contribution is 2.32. The van der Waals surface area contributed by atoms with Gasteiger partial charge in [-0.3, -0.25) is 4.55 Å². The smallest absolute Gasteiger partial charge is 0.394 e. The van der Waals surface area contributed by atoms with Crippen LogP contribution >= 0.6 is 7.92 Å². The van der Waals surface area contributed by atoms with Crippen molar-refractivity contribution in [3.63, 3.8) is 0 Å². The van der Waals surface area contributed by atoms with E-state index < -0.39 is 31.5 Å². The minimum absolute atomic E-state index is 0.404. The molecule has 0 aliphatic carbocycles. The van der Waals surface area contributed by atoms with Crippen molar-refractivity contribution in [2.45, 2.75) is 0 Å². The average molecular weight is 404 g/mol. The summed E-state index contributed by atoms with van der Waals surface area (Å²) in [5.41, 5.74) is 0. The molecule has 3 aromatic rings. The van der Waals surface area contributed by atoms with Crippen molar-refractivity contribution in [2.24, 2.45) is 0 Å². The minimum Gasteiger partial charge on any atom is -0.394 e. The van der Waals surface area contributed by atoms with Gasteiger partial charge in [-0.2, -0.15) is 8.42 Å². The average Bonchev–Trinajstić information content (AvgIpc) is 2.69. The van der Waals surface area contributed by atoms with Gasteiger partial charge in [-0.1, -0.05) is 91.0 Å².